The van der Waals surface area contributed by atoms with Crippen LogP contribution in [0.25, 0.3) is 0 Å². The van der Waals surface area contributed by atoms with E-state index < -0.39 is 0 Å². The second kappa shape index (κ2) is 8.93. The first-order chi connectivity index (χ1) is 14.3. The standard InChI is InChI=1S/C23H27N5OS/c1-13-14(2)20(11-25)23(26-16(13)4)30-12-21(29)27-22-19(10-24)15(3)17(5)28(22)18-8-6-7-9-18/h18H,6-9,12H2,1-5H3,(H,27,29). The van der Waals surface area contributed by atoms with Gasteiger partial charge < -0.3 is 9.88 Å². The number of nitrogens with zero attached hydrogens (tertiary/aromatic N) is 4. The SMILES string of the molecule is Cc1nc(SCC(=O)Nc2c(C#N)c(C)c(C)n2C2CCCC2)c(C#N)c(C)c1C. The van der Waals surface area contributed by atoms with Crippen LogP contribution in [0.5, 0.6) is 0 Å². The summed E-state index contributed by atoms with van der Waals surface area (Å²) in [6.45, 7) is 9.72. The number of aryl methyl sites for hydroxylation is 1. The highest BCUT2D eigenvalue weighted by Gasteiger charge is 2.26. The van der Waals surface area contributed by atoms with E-state index in [1.165, 1.54) is 24.6 Å². The van der Waals surface area contributed by atoms with Gasteiger partial charge in [0.2, 0.25) is 5.91 Å². The molecule has 2 aromatic heterocycles. The number of pyridine rings is 1. The molecule has 1 amide bonds. The summed E-state index contributed by atoms with van der Waals surface area (Å²) in [6.07, 6.45) is 4.46. The van der Waals surface area contributed by atoms with Gasteiger partial charge in [-0.1, -0.05) is 24.6 Å². The predicted octanol–water partition coefficient (Wildman–Crippen LogP) is 5.01. The summed E-state index contributed by atoms with van der Waals surface area (Å²) in [6, 6.07) is 4.81. The maximum Gasteiger partial charge on any atom is 0.235 e. The molecule has 0 spiro atoms. The zero-order valence-corrected chi connectivity index (χ0v) is 19.0. The van der Waals surface area contributed by atoms with Gasteiger partial charge >= 0.3 is 0 Å². The number of carbonyl (C=O) groups excluding carboxylic acids is 1. The molecular weight excluding hydrogens is 394 g/mol. The van der Waals surface area contributed by atoms with Crippen LogP contribution in [0, 0.1) is 57.3 Å². The summed E-state index contributed by atoms with van der Waals surface area (Å²) < 4.78 is 2.14. The van der Waals surface area contributed by atoms with Gasteiger partial charge in [0.15, 0.2) is 0 Å². The van der Waals surface area contributed by atoms with Crippen LogP contribution in [0.15, 0.2) is 5.03 Å². The Morgan fingerprint density at radius 2 is 1.70 bits per heavy atom. The Labute approximate surface area is 182 Å². The van der Waals surface area contributed by atoms with Crippen molar-refractivity contribution >= 4 is 23.5 Å². The molecule has 2 heterocycles. The molecule has 2 aromatic rings. The van der Waals surface area contributed by atoms with E-state index in [2.05, 4.69) is 27.0 Å². The summed E-state index contributed by atoms with van der Waals surface area (Å²) in [7, 11) is 0. The number of thioether (sulfide) groups is 1. The topological polar surface area (TPSA) is 94.5 Å². The first-order valence-electron chi connectivity index (χ1n) is 10.2. The first-order valence-corrected chi connectivity index (χ1v) is 11.2. The normalized spacial score (nSPS) is 13.8. The lowest BCUT2D eigenvalue weighted by molar-refractivity contribution is -0.113. The van der Waals surface area contributed by atoms with Gasteiger partial charge in [-0.2, -0.15) is 10.5 Å². The molecule has 7 heteroatoms. The number of aromatic nitrogens is 2. The average molecular weight is 422 g/mol. The minimum Gasteiger partial charge on any atom is -0.327 e. The van der Waals surface area contributed by atoms with Crippen LogP contribution in [0.1, 0.15) is 70.9 Å². The van der Waals surface area contributed by atoms with E-state index in [0.29, 0.717) is 28.0 Å². The van der Waals surface area contributed by atoms with Crippen molar-refractivity contribution in [3.8, 4) is 12.1 Å². The van der Waals surface area contributed by atoms with Crippen LogP contribution >= 0.6 is 11.8 Å². The number of hydrogen-bond acceptors (Lipinski definition) is 5. The maximum absolute atomic E-state index is 12.8. The third kappa shape index (κ3) is 3.95. The van der Waals surface area contributed by atoms with Crippen LogP contribution in [0.4, 0.5) is 5.82 Å². The van der Waals surface area contributed by atoms with Gasteiger partial charge in [-0.05, 0) is 64.2 Å². The fourth-order valence-corrected chi connectivity index (χ4v) is 5.04. The Hall–Kier alpha value is -2.77. The molecule has 1 N–H and O–H groups in total. The van der Waals surface area contributed by atoms with Crippen LogP contribution in [-0.2, 0) is 4.79 Å². The highest BCUT2D eigenvalue weighted by molar-refractivity contribution is 8.00. The van der Waals surface area contributed by atoms with Gasteiger partial charge in [-0.15, -0.1) is 0 Å². The highest BCUT2D eigenvalue weighted by Crippen LogP contribution is 2.38. The Balaban J connectivity index is 1.84. The summed E-state index contributed by atoms with van der Waals surface area (Å²) in [5, 5.41) is 22.8. The molecule has 6 nitrogen and oxygen atoms in total. The molecule has 1 aliphatic carbocycles. The molecule has 0 unspecified atom stereocenters. The van der Waals surface area contributed by atoms with E-state index in [0.717, 1.165) is 40.9 Å². The molecule has 0 atom stereocenters. The third-order valence-electron chi connectivity index (χ3n) is 6.23. The Bertz CT molecular complexity index is 1080. The van der Waals surface area contributed by atoms with Crippen LogP contribution in [0.3, 0.4) is 0 Å². The van der Waals surface area contributed by atoms with Gasteiger partial charge in [0.05, 0.1) is 16.9 Å². The quantitative estimate of drug-likeness (QED) is 0.685. The minimum absolute atomic E-state index is 0.127. The molecule has 0 saturated heterocycles. The average Bonchev–Trinajstić information content (AvgIpc) is 3.32. The molecule has 3 rings (SSSR count). The van der Waals surface area contributed by atoms with Crippen molar-refractivity contribution in [1.29, 1.82) is 10.5 Å². The van der Waals surface area contributed by atoms with Crippen LogP contribution < -0.4 is 5.32 Å². The van der Waals surface area contributed by atoms with E-state index in [1.54, 1.807) is 0 Å². The van der Waals surface area contributed by atoms with Gasteiger partial charge in [-0.3, -0.25) is 4.79 Å². The lowest BCUT2D eigenvalue weighted by atomic mass is 10.1. The number of rotatable bonds is 5. The summed E-state index contributed by atoms with van der Waals surface area (Å²) in [4.78, 5) is 17.3. The van der Waals surface area contributed by atoms with E-state index in [-0.39, 0.29) is 11.7 Å². The molecule has 30 heavy (non-hydrogen) atoms. The lowest BCUT2D eigenvalue weighted by Gasteiger charge is -2.19. The minimum atomic E-state index is -0.199. The van der Waals surface area contributed by atoms with Crippen LogP contribution in [-0.4, -0.2) is 21.2 Å². The number of hydrogen-bond donors (Lipinski definition) is 1. The van der Waals surface area contributed by atoms with Gasteiger partial charge in [-0.25, -0.2) is 4.98 Å². The van der Waals surface area contributed by atoms with Gasteiger partial charge in [0.1, 0.15) is 23.0 Å². The molecule has 1 fully saturated rings. The van der Waals surface area contributed by atoms with Crippen molar-refractivity contribution in [3.05, 3.63) is 39.2 Å². The molecule has 0 bridgehead atoms. The first kappa shape index (κ1) is 21.9. The van der Waals surface area contributed by atoms with Crippen molar-refractivity contribution in [3.63, 3.8) is 0 Å². The maximum atomic E-state index is 12.8. The predicted molar refractivity (Wildman–Crippen MR) is 119 cm³/mol. The molecule has 0 radical (unpaired) electrons. The van der Waals surface area contributed by atoms with E-state index >= 15 is 0 Å². The fraction of sp³-hybridized carbons (Fsp3) is 0.478. The van der Waals surface area contributed by atoms with Crippen LogP contribution in [0.2, 0.25) is 0 Å². The summed E-state index contributed by atoms with van der Waals surface area (Å²) in [5.74, 6) is 0.534. The number of carbonyl (C=O) groups is 1. The van der Waals surface area contributed by atoms with Crippen molar-refractivity contribution in [2.75, 3.05) is 11.1 Å². The van der Waals surface area contributed by atoms with Crippen molar-refractivity contribution in [2.45, 2.75) is 71.4 Å². The van der Waals surface area contributed by atoms with E-state index in [1.807, 2.05) is 34.6 Å². The Morgan fingerprint density at radius 3 is 2.30 bits per heavy atom. The fourth-order valence-electron chi connectivity index (χ4n) is 4.16. The second-order valence-electron chi connectivity index (χ2n) is 7.93. The van der Waals surface area contributed by atoms with Crippen molar-refractivity contribution in [2.24, 2.45) is 0 Å². The van der Waals surface area contributed by atoms with Gasteiger partial charge in [0, 0.05) is 17.4 Å². The largest absolute Gasteiger partial charge is 0.327 e. The highest BCUT2D eigenvalue weighted by atomic mass is 32.2. The van der Waals surface area contributed by atoms with E-state index in [4.69, 9.17) is 0 Å². The number of nitrogens with one attached hydrogen (secondary N) is 1. The Kier molecular flexibility index (Phi) is 6.53. The molecule has 0 aromatic carbocycles. The van der Waals surface area contributed by atoms with Crippen molar-refractivity contribution in [1.82, 2.24) is 9.55 Å². The number of nitriles is 2. The Morgan fingerprint density at radius 1 is 1.07 bits per heavy atom. The number of anilines is 1. The number of amides is 1. The molecule has 156 valence electrons. The molecule has 0 aliphatic heterocycles. The lowest BCUT2D eigenvalue weighted by Crippen LogP contribution is -2.20. The summed E-state index contributed by atoms with van der Waals surface area (Å²) in [5.41, 5.74) is 5.79. The third-order valence-corrected chi connectivity index (χ3v) is 7.21. The summed E-state index contributed by atoms with van der Waals surface area (Å²) >= 11 is 1.26. The zero-order chi connectivity index (χ0) is 22.0. The van der Waals surface area contributed by atoms with Crippen molar-refractivity contribution < 1.29 is 4.79 Å². The van der Waals surface area contributed by atoms with E-state index in [9.17, 15) is 15.3 Å². The zero-order valence-electron chi connectivity index (χ0n) is 18.2. The second-order valence-corrected chi connectivity index (χ2v) is 8.89. The van der Waals surface area contributed by atoms with Gasteiger partial charge in [0.25, 0.3) is 0 Å². The smallest absolute Gasteiger partial charge is 0.235 e. The monoisotopic (exact) mass is 421 g/mol. The molecule has 1 aliphatic rings. The molecule has 1 saturated carbocycles. The molecular formula is C23H27N5OS.